The van der Waals surface area contributed by atoms with Crippen LogP contribution >= 0.6 is 0 Å². The summed E-state index contributed by atoms with van der Waals surface area (Å²) in [5.74, 6) is 0.687. The molecule has 4 heterocycles. The molecule has 1 saturated heterocycles. The number of rotatable bonds is 4. The number of nitrogens with zero attached hydrogens (tertiary/aromatic N) is 5. The Hall–Kier alpha value is -3.26. The summed E-state index contributed by atoms with van der Waals surface area (Å²) in [6.45, 7) is 2.02. The van der Waals surface area contributed by atoms with Crippen molar-refractivity contribution in [3.05, 3.63) is 47.9 Å². The largest absolute Gasteiger partial charge is 0.337 e. The van der Waals surface area contributed by atoms with Crippen molar-refractivity contribution in [3.63, 3.8) is 0 Å². The van der Waals surface area contributed by atoms with Crippen LogP contribution in [0.5, 0.6) is 0 Å². The van der Waals surface area contributed by atoms with E-state index in [4.69, 9.17) is 10.7 Å². The zero-order valence-electron chi connectivity index (χ0n) is 18.7. The summed E-state index contributed by atoms with van der Waals surface area (Å²) < 4.78 is 19.3. The van der Waals surface area contributed by atoms with Crippen LogP contribution in [0.15, 0.2) is 36.5 Å². The van der Waals surface area contributed by atoms with E-state index in [-0.39, 0.29) is 11.9 Å². The van der Waals surface area contributed by atoms with Gasteiger partial charge in [0.15, 0.2) is 5.82 Å². The summed E-state index contributed by atoms with van der Waals surface area (Å²) in [5, 5.41) is 1.04. The van der Waals surface area contributed by atoms with Gasteiger partial charge in [0.1, 0.15) is 17.0 Å². The minimum Gasteiger partial charge on any atom is -0.337 e. The van der Waals surface area contributed by atoms with Crippen molar-refractivity contribution in [1.82, 2.24) is 24.0 Å². The first-order valence-corrected chi connectivity index (χ1v) is 11.6. The second kappa shape index (κ2) is 7.66. The van der Waals surface area contributed by atoms with Gasteiger partial charge in [-0.15, -0.1) is 0 Å². The molecule has 6 rings (SSSR count). The summed E-state index contributed by atoms with van der Waals surface area (Å²) in [7, 11) is 1.82. The molecule has 1 saturated carbocycles. The van der Waals surface area contributed by atoms with Gasteiger partial charge in [0, 0.05) is 49.9 Å². The molecule has 0 bridgehead atoms. The number of benzene rings is 1. The standard InChI is InChI=1S/C25H27FN6O/c1-30-22-19(26)10-17(25(33)31-9-3-5-18(27)14-31)11-20(22)29-24(30)21-12-16-4-2-8-28-23(16)32(21)13-15-6-7-15/h2,4,8,10-12,15,18H,3,5-7,9,13-14,27H2,1H3. The van der Waals surface area contributed by atoms with Crippen molar-refractivity contribution >= 4 is 28.0 Å². The third kappa shape index (κ3) is 3.49. The predicted octanol–water partition coefficient (Wildman–Crippen LogP) is 3.70. The van der Waals surface area contributed by atoms with Crippen LogP contribution in [0.4, 0.5) is 4.39 Å². The highest BCUT2D eigenvalue weighted by Gasteiger charge is 2.27. The number of carbonyl (C=O) groups is 1. The van der Waals surface area contributed by atoms with E-state index in [1.54, 1.807) is 21.7 Å². The van der Waals surface area contributed by atoms with Crippen LogP contribution in [0, 0.1) is 11.7 Å². The molecule has 2 N–H and O–H groups in total. The molecule has 1 aliphatic heterocycles. The maximum Gasteiger partial charge on any atom is 0.254 e. The van der Waals surface area contributed by atoms with Gasteiger partial charge in [-0.2, -0.15) is 0 Å². The molecule has 3 aromatic heterocycles. The Balaban J connectivity index is 1.45. The van der Waals surface area contributed by atoms with E-state index in [2.05, 4.69) is 15.6 Å². The number of hydrogen-bond donors (Lipinski definition) is 1. The van der Waals surface area contributed by atoms with Gasteiger partial charge in [0.2, 0.25) is 0 Å². The molecule has 1 amide bonds. The van der Waals surface area contributed by atoms with Crippen molar-refractivity contribution in [3.8, 4) is 11.5 Å². The number of nitrogens with two attached hydrogens (primary N) is 1. The number of amides is 1. The van der Waals surface area contributed by atoms with E-state index >= 15 is 4.39 Å². The molecule has 170 valence electrons. The first-order chi connectivity index (χ1) is 16.0. The van der Waals surface area contributed by atoms with Crippen LogP contribution in [-0.4, -0.2) is 49.0 Å². The van der Waals surface area contributed by atoms with Gasteiger partial charge in [-0.25, -0.2) is 14.4 Å². The number of imidazole rings is 1. The lowest BCUT2D eigenvalue weighted by Crippen LogP contribution is -2.45. The van der Waals surface area contributed by atoms with Gasteiger partial charge in [0.05, 0.1) is 11.2 Å². The lowest BCUT2D eigenvalue weighted by molar-refractivity contribution is 0.0708. The average Bonchev–Trinajstić information content (AvgIpc) is 3.47. The second-order valence-electron chi connectivity index (χ2n) is 9.47. The van der Waals surface area contributed by atoms with Crippen LogP contribution in [0.3, 0.4) is 0 Å². The Morgan fingerprint density at radius 2 is 2.09 bits per heavy atom. The number of hydrogen-bond acceptors (Lipinski definition) is 4. The Labute approximate surface area is 191 Å². The Bertz CT molecular complexity index is 1380. The summed E-state index contributed by atoms with van der Waals surface area (Å²) in [5.41, 5.74) is 9.08. The first kappa shape index (κ1) is 20.4. The van der Waals surface area contributed by atoms with E-state index in [1.165, 1.54) is 18.9 Å². The summed E-state index contributed by atoms with van der Waals surface area (Å²) >= 11 is 0. The van der Waals surface area contributed by atoms with Crippen LogP contribution in [0.2, 0.25) is 0 Å². The number of halogens is 1. The normalized spacial score (nSPS) is 19.0. The number of carbonyl (C=O) groups excluding carboxylic acids is 1. The highest BCUT2D eigenvalue weighted by atomic mass is 19.1. The maximum absolute atomic E-state index is 15.3. The van der Waals surface area contributed by atoms with Crippen LogP contribution in [-0.2, 0) is 13.6 Å². The number of likely N-dealkylation sites (tertiary alicyclic amines) is 1. The van der Waals surface area contributed by atoms with Gasteiger partial charge in [-0.3, -0.25) is 4.79 Å². The number of piperidine rings is 1. The molecule has 2 fully saturated rings. The lowest BCUT2D eigenvalue weighted by atomic mass is 10.0. The topological polar surface area (TPSA) is 82.0 Å². The fourth-order valence-electron chi connectivity index (χ4n) is 5.04. The fourth-order valence-corrected chi connectivity index (χ4v) is 5.04. The minimum absolute atomic E-state index is 0.0280. The van der Waals surface area contributed by atoms with Crippen LogP contribution in [0.1, 0.15) is 36.0 Å². The van der Waals surface area contributed by atoms with E-state index in [0.29, 0.717) is 41.4 Å². The molecule has 2 aliphatic rings. The van der Waals surface area contributed by atoms with Crippen molar-refractivity contribution in [2.75, 3.05) is 13.1 Å². The highest BCUT2D eigenvalue weighted by molar-refractivity contribution is 5.98. The van der Waals surface area contributed by atoms with E-state index in [9.17, 15) is 4.79 Å². The van der Waals surface area contributed by atoms with Gasteiger partial charge in [0.25, 0.3) is 5.91 Å². The van der Waals surface area contributed by atoms with Crippen LogP contribution < -0.4 is 5.73 Å². The Kier molecular flexibility index (Phi) is 4.72. The number of aryl methyl sites for hydroxylation is 1. The van der Waals surface area contributed by atoms with Gasteiger partial charge < -0.3 is 19.8 Å². The van der Waals surface area contributed by atoms with Crippen molar-refractivity contribution in [2.24, 2.45) is 18.7 Å². The van der Waals surface area contributed by atoms with Crippen molar-refractivity contribution in [2.45, 2.75) is 38.3 Å². The molecule has 1 unspecified atom stereocenters. The molecular weight excluding hydrogens is 419 g/mol. The summed E-state index contributed by atoms with van der Waals surface area (Å²) in [6.07, 6.45) is 6.01. The molecule has 1 aromatic carbocycles. The molecule has 1 aliphatic carbocycles. The number of fused-ring (bicyclic) bond motifs is 2. The molecule has 7 nitrogen and oxygen atoms in total. The molecule has 33 heavy (non-hydrogen) atoms. The van der Waals surface area contributed by atoms with Gasteiger partial charge in [-0.1, -0.05) is 0 Å². The molecular formula is C25H27FN6O. The quantitative estimate of drug-likeness (QED) is 0.518. The van der Waals surface area contributed by atoms with E-state index < -0.39 is 5.82 Å². The minimum atomic E-state index is -0.443. The second-order valence-corrected chi connectivity index (χ2v) is 9.47. The summed E-state index contributed by atoms with van der Waals surface area (Å²) in [6, 6.07) is 9.05. The van der Waals surface area contributed by atoms with Gasteiger partial charge in [-0.05, 0) is 61.9 Å². The smallest absolute Gasteiger partial charge is 0.254 e. The predicted molar refractivity (Wildman–Crippen MR) is 125 cm³/mol. The van der Waals surface area contributed by atoms with Crippen molar-refractivity contribution in [1.29, 1.82) is 0 Å². The fraction of sp³-hybridized carbons (Fsp3) is 0.400. The van der Waals surface area contributed by atoms with Gasteiger partial charge >= 0.3 is 0 Å². The maximum atomic E-state index is 15.3. The third-order valence-corrected chi connectivity index (χ3v) is 6.94. The summed E-state index contributed by atoms with van der Waals surface area (Å²) in [4.78, 5) is 24.2. The monoisotopic (exact) mass is 446 g/mol. The Morgan fingerprint density at radius 1 is 1.24 bits per heavy atom. The highest BCUT2D eigenvalue weighted by Crippen LogP contribution is 2.36. The molecule has 8 heteroatoms. The number of aromatic nitrogens is 4. The average molecular weight is 447 g/mol. The van der Waals surface area contributed by atoms with E-state index in [1.807, 2.05) is 19.2 Å². The Morgan fingerprint density at radius 3 is 2.88 bits per heavy atom. The number of pyridine rings is 1. The lowest BCUT2D eigenvalue weighted by Gasteiger charge is -2.30. The first-order valence-electron chi connectivity index (χ1n) is 11.6. The molecule has 0 spiro atoms. The zero-order valence-corrected chi connectivity index (χ0v) is 18.7. The van der Waals surface area contributed by atoms with E-state index in [0.717, 1.165) is 36.1 Å². The van der Waals surface area contributed by atoms with Crippen molar-refractivity contribution < 1.29 is 9.18 Å². The molecule has 1 atom stereocenters. The SMILES string of the molecule is Cn1c(-c2cc3cccnc3n2CC2CC2)nc2cc(C(=O)N3CCCC(N)C3)cc(F)c21. The van der Waals surface area contributed by atoms with Crippen LogP contribution in [0.25, 0.3) is 33.6 Å². The zero-order chi connectivity index (χ0) is 22.7. The molecule has 0 radical (unpaired) electrons. The third-order valence-electron chi connectivity index (χ3n) is 6.94. The molecule has 4 aromatic rings.